The van der Waals surface area contributed by atoms with E-state index in [1.54, 1.807) is 19.1 Å². The molecule has 0 bridgehead atoms. The van der Waals surface area contributed by atoms with Gasteiger partial charge in [-0.15, -0.1) is 0 Å². The van der Waals surface area contributed by atoms with Gasteiger partial charge in [0.15, 0.2) is 6.10 Å². The lowest BCUT2D eigenvalue weighted by molar-refractivity contribution is -0.122. The standard InChI is InChI=1S/C16H13N3O4S/c1-10-16(20)18-13-8-12(6-7-14(13)23-10)19-24(21,22)15-5-3-2-4-11(15)9-17/h2-8,10,19H,1H3,(H,18,20). The number of anilines is 2. The van der Waals surface area contributed by atoms with Gasteiger partial charge < -0.3 is 10.1 Å². The van der Waals surface area contributed by atoms with E-state index >= 15 is 0 Å². The molecule has 0 aliphatic carbocycles. The highest BCUT2D eigenvalue weighted by Gasteiger charge is 2.24. The van der Waals surface area contributed by atoms with Gasteiger partial charge in [-0.3, -0.25) is 9.52 Å². The molecule has 122 valence electrons. The number of nitrogens with zero attached hydrogens (tertiary/aromatic N) is 1. The Morgan fingerprint density at radius 2 is 2.00 bits per heavy atom. The van der Waals surface area contributed by atoms with E-state index in [4.69, 9.17) is 10.00 Å². The van der Waals surface area contributed by atoms with Crippen LogP contribution in [0.1, 0.15) is 12.5 Å². The summed E-state index contributed by atoms with van der Waals surface area (Å²) in [5.41, 5.74) is 0.681. The van der Waals surface area contributed by atoms with E-state index in [2.05, 4.69) is 10.0 Å². The Bertz CT molecular complexity index is 964. The highest BCUT2D eigenvalue weighted by atomic mass is 32.2. The van der Waals surface area contributed by atoms with Gasteiger partial charge in [-0.25, -0.2) is 8.42 Å². The fourth-order valence-electron chi connectivity index (χ4n) is 2.28. The van der Waals surface area contributed by atoms with Crippen molar-refractivity contribution >= 4 is 27.3 Å². The molecule has 8 heteroatoms. The monoisotopic (exact) mass is 343 g/mol. The van der Waals surface area contributed by atoms with Crippen molar-refractivity contribution in [3.63, 3.8) is 0 Å². The molecule has 0 aromatic heterocycles. The molecule has 0 fully saturated rings. The summed E-state index contributed by atoms with van der Waals surface area (Å²) >= 11 is 0. The van der Waals surface area contributed by atoms with E-state index in [-0.39, 0.29) is 22.1 Å². The van der Waals surface area contributed by atoms with Crippen molar-refractivity contribution in [3.8, 4) is 11.8 Å². The van der Waals surface area contributed by atoms with Gasteiger partial charge in [0.05, 0.1) is 16.9 Å². The Balaban J connectivity index is 1.93. The number of carbonyl (C=O) groups is 1. The van der Waals surface area contributed by atoms with Crippen LogP contribution in [0.15, 0.2) is 47.4 Å². The summed E-state index contributed by atoms with van der Waals surface area (Å²) in [6.45, 7) is 1.62. The molecule has 1 amide bonds. The molecule has 1 heterocycles. The van der Waals surface area contributed by atoms with Crippen molar-refractivity contribution in [2.24, 2.45) is 0 Å². The molecule has 0 spiro atoms. The lowest BCUT2D eigenvalue weighted by Crippen LogP contribution is -2.34. The molecule has 0 saturated heterocycles. The van der Waals surface area contributed by atoms with Gasteiger partial charge in [-0.1, -0.05) is 12.1 Å². The van der Waals surface area contributed by atoms with Crippen molar-refractivity contribution in [1.82, 2.24) is 0 Å². The van der Waals surface area contributed by atoms with Crippen LogP contribution in [0, 0.1) is 11.3 Å². The minimum atomic E-state index is -3.93. The summed E-state index contributed by atoms with van der Waals surface area (Å²) in [5, 5.41) is 11.7. The molecule has 7 nitrogen and oxygen atoms in total. The predicted octanol–water partition coefficient (Wildman–Crippen LogP) is 2.08. The fourth-order valence-corrected chi connectivity index (χ4v) is 3.48. The molecule has 1 unspecified atom stereocenters. The summed E-state index contributed by atoms with van der Waals surface area (Å²) in [7, 11) is -3.93. The minimum Gasteiger partial charge on any atom is -0.479 e. The Labute approximate surface area is 138 Å². The van der Waals surface area contributed by atoms with Crippen molar-refractivity contribution in [3.05, 3.63) is 48.0 Å². The van der Waals surface area contributed by atoms with Crippen LogP contribution in [-0.2, 0) is 14.8 Å². The molecular weight excluding hydrogens is 330 g/mol. The lowest BCUT2D eigenvalue weighted by Gasteiger charge is -2.23. The Hall–Kier alpha value is -3.05. The highest BCUT2D eigenvalue weighted by molar-refractivity contribution is 7.92. The molecule has 2 N–H and O–H groups in total. The number of rotatable bonds is 3. The second kappa shape index (κ2) is 5.86. The van der Waals surface area contributed by atoms with Crippen LogP contribution in [0.3, 0.4) is 0 Å². The van der Waals surface area contributed by atoms with Gasteiger partial charge in [0.2, 0.25) is 0 Å². The first-order chi connectivity index (χ1) is 11.4. The molecule has 3 rings (SSSR count). The Kier molecular flexibility index (Phi) is 3.87. The maximum Gasteiger partial charge on any atom is 0.265 e. The van der Waals surface area contributed by atoms with E-state index in [1.165, 1.54) is 30.3 Å². The number of hydrogen-bond donors (Lipinski definition) is 2. The van der Waals surface area contributed by atoms with Gasteiger partial charge >= 0.3 is 0 Å². The number of benzene rings is 2. The molecule has 2 aromatic rings. The van der Waals surface area contributed by atoms with E-state index < -0.39 is 16.1 Å². The number of carbonyl (C=O) groups excluding carboxylic acids is 1. The third-order valence-corrected chi connectivity index (χ3v) is 4.90. The normalized spacial score (nSPS) is 16.3. The van der Waals surface area contributed by atoms with Crippen molar-refractivity contribution in [2.45, 2.75) is 17.9 Å². The van der Waals surface area contributed by atoms with Crippen molar-refractivity contribution in [1.29, 1.82) is 5.26 Å². The third-order valence-electron chi connectivity index (χ3n) is 3.46. The maximum atomic E-state index is 12.5. The van der Waals surface area contributed by atoms with Gasteiger partial charge in [0.25, 0.3) is 15.9 Å². The topological polar surface area (TPSA) is 108 Å². The predicted molar refractivity (Wildman–Crippen MR) is 87.1 cm³/mol. The van der Waals surface area contributed by atoms with Crippen LogP contribution < -0.4 is 14.8 Å². The zero-order valence-corrected chi connectivity index (χ0v) is 13.4. The molecule has 2 aromatic carbocycles. The van der Waals surface area contributed by atoms with Crippen LogP contribution in [0.25, 0.3) is 0 Å². The number of amides is 1. The molecule has 0 saturated carbocycles. The smallest absolute Gasteiger partial charge is 0.265 e. The SMILES string of the molecule is CC1Oc2ccc(NS(=O)(=O)c3ccccc3C#N)cc2NC1=O. The van der Waals surface area contributed by atoms with Crippen LogP contribution in [0.2, 0.25) is 0 Å². The van der Waals surface area contributed by atoms with Crippen molar-refractivity contribution in [2.75, 3.05) is 10.0 Å². The Morgan fingerprint density at radius 1 is 1.25 bits per heavy atom. The number of nitriles is 1. The zero-order chi connectivity index (χ0) is 17.3. The van der Waals surface area contributed by atoms with Crippen molar-refractivity contribution < 1.29 is 17.9 Å². The number of sulfonamides is 1. The molecule has 24 heavy (non-hydrogen) atoms. The van der Waals surface area contributed by atoms with Gasteiger partial charge in [-0.05, 0) is 37.3 Å². The van der Waals surface area contributed by atoms with E-state index in [1.807, 2.05) is 6.07 Å². The molecular formula is C16H13N3O4S. The van der Waals surface area contributed by atoms with Crippen LogP contribution in [-0.4, -0.2) is 20.4 Å². The summed E-state index contributed by atoms with van der Waals surface area (Å²) < 4.78 is 32.8. The maximum absolute atomic E-state index is 12.5. The van der Waals surface area contributed by atoms with Crippen LogP contribution >= 0.6 is 0 Å². The first kappa shape index (κ1) is 15.8. The van der Waals surface area contributed by atoms with E-state index in [9.17, 15) is 13.2 Å². The average Bonchev–Trinajstić information content (AvgIpc) is 2.56. The van der Waals surface area contributed by atoms with E-state index in [0.717, 1.165) is 0 Å². The molecule has 1 aliphatic heterocycles. The first-order valence-corrected chi connectivity index (χ1v) is 8.52. The van der Waals surface area contributed by atoms with Gasteiger partial charge in [0, 0.05) is 0 Å². The number of fused-ring (bicyclic) bond motifs is 1. The minimum absolute atomic E-state index is 0.0495. The summed E-state index contributed by atoms with van der Waals surface area (Å²) in [6, 6.07) is 12.3. The molecule has 1 aliphatic rings. The number of nitrogens with one attached hydrogen (secondary N) is 2. The first-order valence-electron chi connectivity index (χ1n) is 7.04. The Morgan fingerprint density at radius 3 is 2.75 bits per heavy atom. The summed E-state index contributed by atoms with van der Waals surface area (Å²) in [5.74, 6) is 0.153. The second-order valence-corrected chi connectivity index (χ2v) is 6.82. The van der Waals surface area contributed by atoms with E-state index in [0.29, 0.717) is 11.4 Å². The van der Waals surface area contributed by atoms with Crippen LogP contribution in [0.5, 0.6) is 5.75 Å². The third kappa shape index (κ3) is 2.89. The van der Waals surface area contributed by atoms with Gasteiger partial charge in [0.1, 0.15) is 16.7 Å². The second-order valence-electron chi connectivity index (χ2n) is 5.17. The zero-order valence-electron chi connectivity index (χ0n) is 12.6. The van der Waals surface area contributed by atoms with Crippen LogP contribution in [0.4, 0.5) is 11.4 Å². The van der Waals surface area contributed by atoms with Gasteiger partial charge in [-0.2, -0.15) is 5.26 Å². The number of hydrogen-bond acceptors (Lipinski definition) is 5. The fraction of sp³-hybridized carbons (Fsp3) is 0.125. The highest BCUT2D eigenvalue weighted by Crippen LogP contribution is 2.33. The molecule has 0 radical (unpaired) electrons. The summed E-state index contributed by atoms with van der Waals surface area (Å²) in [6.07, 6.45) is -0.609. The lowest BCUT2D eigenvalue weighted by atomic mass is 10.2. The quantitative estimate of drug-likeness (QED) is 0.887. The largest absolute Gasteiger partial charge is 0.479 e. The number of ether oxygens (including phenoxy) is 1. The summed E-state index contributed by atoms with van der Waals surface area (Å²) in [4.78, 5) is 11.5. The molecule has 1 atom stereocenters. The average molecular weight is 343 g/mol.